The topological polar surface area (TPSA) is 71.1 Å². The fourth-order valence-electron chi connectivity index (χ4n) is 2.30. The number of halogens is 1. The van der Waals surface area contributed by atoms with Gasteiger partial charge in [-0.1, -0.05) is 23.7 Å². The Morgan fingerprint density at radius 1 is 0.923 bits per heavy atom. The maximum atomic E-state index is 12.3. The minimum atomic E-state index is -0.289. The van der Waals surface area contributed by atoms with E-state index in [1.807, 2.05) is 0 Å². The van der Waals surface area contributed by atoms with Crippen molar-refractivity contribution in [2.45, 2.75) is 6.92 Å². The maximum absolute atomic E-state index is 12.3. The number of rotatable bonds is 5. The molecule has 0 saturated carbocycles. The molecule has 2 N–H and O–H groups in total. The van der Waals surface area contributed by atoms with E-state index in [1.165, 1.54) is 13.1 Å². The largest absolute Gasteiger partial charge is 0.340 e. The van der Waals surface area contributed by atoms with Crippen molar-refractivity contribution in [1.29, 1.82) is 0 Å². The zero-order valence-corrected chi connectivity index (χ0v) is 14.7. The van der Waals surface area contributed by atoms with Crippen molar-refractivity contribution < 1.29 is 9.59 Å². The number of Topliss-reactive ketones (excluding diaryl/α,β-unsaturated/α-hetero) is 1. The Kier molecular flexibility index (Phi) is 5.29. The summed E-state index contributed by atoms with van der Waals surface area (Å²) in [6.07, 6.45) is 1.48. The van der Waals surface area contributed by atoms with E-state index in [0.717, 1.165) is 5.69 Å². The van der Waals surface area contributed by atoms with Gasteiger partial charge in [0.15, 0.2) is 5.78 Å². The normalized spacial score (nSPS) is 10.2. The Hall–Kier alpha value is -3.18. The van der Waals surface area contributed by atoms with E-state index >= 15 is 0 Å². The van der Waals surface area contributed by atoms with Crippen LogP contribution in [0.2, 0.25) is 5.02 Å². The Morgan fingerprint density at radius 3 is 2.23 bits per heavy atom. The summed E-state index contributed by atoms with van der Waals surface area (Å²) in [7, 11) is 0. The first-order chi connectivity index (χ1) is 12.5. The summed E-state index contributed by atoms with van der Waals surface area (Å²) in [5.41, 5.74) is 2.42. The van der Waals surface area contributed by atoms with Gasteiger partial charge in [0.1, 0.15) is 5.82 Å². The van der Waals surface area contributed by atoms with Gasteiger partial charge in [-0.15, -0.1) is 0 Å². The number of nitrogens with zero attached hydrogens (tertiary/aromatic N) is 1. The molecule has 6 heteroatoms. The van der Waals surface area contributed by atoms with Gasteiger partial charge in [0.2, 0.25) is 0 Å². The molecule has 2 aromatic carbocycles. The lowest BCUT2D eigenvalue weighted by molar-refractivity contribution is 0.101. The molecule has 0 fully saturated rings. The molecule has 1 aromatic heterocycles. The minimum Gasteiger partial charge on any atom is -0.340 e. The third kappa shape index (κ3) is 4.26. The minimum absolute atomic E-state index is 0.0172. The number of nitrogens with one attached hydrogen (secondary N) is 2. The van der Waals surface area contributed by atoms with Crippen LogP contribution in [0.5, 0.6) is 0 Å². The molecular weight excluding hydrogens is 350 g/mol. The fourth-order valence-corrected chi connectivity index (χ4v) is 2.48. The van der Waals surface area contributed by atoms with Crippen LogP contribution in [0, 0.1) is 0 Å². The number of carbonyl (C=O) groups is 2. The molecule has 0 bridgehead atoms. The summed E-state index contributed by atoms with van der Waals surface area (Å²) in [6, 6.07) is 17.5. The second-order valence-corrected chi connectivity index (χ2v) is 6.03. The number of benzene rings is 2. The molecule has 1 amide bonds. The van der Waals surface area contributed by atoms with Gasteiger partial charge in [0.25, 0.3) is 5.91 Å². The molecule has 0 aliphatic rings. The number of aromatic nitrogens is 1. The number of pyridine rings is 1. The third-order valence-corrected chi connectivity index (χ3v) is 4.04. The summed E-state index contributed by atoms with van der Waals surface area (Å²) in [5, 5.41) is 6.34. The van der Waals surface area contributed by atoms with Crippen LogP contribution < -0.4 is 10.6 Å². The highest BCUT2D eigenvalue weighted by atomic mass is 35.5. The van der Waals surface area contributed by atoms with Gasteiger partial charge < -0.3 is 10.6 Å². The van der Waals surface area contributed by atoms with Crippen molar-refractivity contribution in [1.82, 2.24) is 4.98 Å². The van der Waals surface area contributed by atoms with Crippen LogP contribution in [-0.2, 0) is 0 Å². The van der Waals surface area contributed by atoms with E-state index in [-0.39, 0.29) is 11.7 Å². The molecule has 0 unspecified atom stereocenters. The highest BCUT2D eigenvalue weighted by Gasteiger charge is 2.09. The van der Waals surface area contributed by atoms with Gasteiger partial charge >= 0.3 is 0 Å². The quantitative estimate of drug-likeness (QED) is 0.628. The number of hydrogen-bond acceptors (Lipinski definition) is 4. The smallest absolute Gasteiger partial charge is 0.257 e. The molecule has 1 heterocycles. The monoisotopic (exact) mass is 365 g/mol. The summed E-state index contributed by atoms with van der Waals surface area (Å²) in [4.78, 5) is 27.8. The summed E-state index contributed by atoms with van der Waals surface area (Å²) in [5.74, 6) is 0.321. The number of hydrogen-bond donors (Lipinski definition) is 2. The van der Waals surface area contributed by atoms with E-state index in [2.05, 4.69) is 15.6 Å². The molecule has 130 valence electrons. The number of ketones is 1. The summed E-state index contributed by atoms with van der Waals surface area (Å²) < 4.78 is 0. The zero-order valence-electron chi connectivity index (χ0n) is 14.0. The Bertz CT molecular complexity index is 938. The highest BCUT2D eigenvalue weighted by molar-refractivity contribution is 6.33. The van der Waals surface area contributed by atoms with Gasteiger partial charge in [0, 0.05) is 17.4 Å². The number of carbonyl (C=O) groups excluding carboxylic acids is 2. The second kappa shape index (κ2) is 7.80. The third-order valence-electron chi connectivity index (χ3n) is 3.71. The van der Waals surface area contributed by atoms with Gasteiger partial charge in [0.05, 0.1) is 16.3 Å². The average Bonchev–Trinajstić information content (AvgIpc) is 2.64. The van der Waals surface area contributed by atoms with E-state index in [9.17, 15) is 9.59 Å². The molecule has 0 radical (unpaired) electrons. The van der Waals surface area contributed by atoms with Crippen LogP contribution in [0.3, 0.4) is 0 Å². The molecule has 0 saturated heterocycles. The van der Waals surface area contributed by atoms with Crippen molar-refractivity contribution in [2.75, 3.05) is 10.6 Å². The lowest BCUT2D eigenvalue weighted by atomic mass is 10.1. The number of anilines is 3. The average molecular weight is 366 g/mol. The lowest BCUT2D eigenvalue weighted by Gasteiger charge is -2.09. The zero-order chi connectivity index (χ0) is 18.5. The van der Waals surface area contributed by atoms with Crippen molar-refractivity contribution in [3.8, 4) is 0 Å². The SMILES string of the molecule is CC(=O)c1ccc(Nc2ccc(C(=O)Nc3ccccc3Cl)cn2)cc1. The van der Waals surface area contributed by atoms with E-state index < -0.39 is 0 Å². The van der Waals surface area contributed by atoms with E-state index in [0.29, 0.717) is 27.7 Å². The molecule has 26 heavy (non-hydrogen) atoms. The van der Waals surface area contributed by atoms with Gasteiger partial charge in [-0.25, -0.2) is 4.98 Å². The van der Waals surface area contributed by atoms with Gasteiger partial charge in [-0.05, 0) is 55.5 Å². The molecule has 0 atom stereocenters. The van der Waals surface area contributed by atoms with Gasteiger partial charge in [-0.2, -0.15) is 0 Å². The van der Waals surface area contributed by atoms with Crippen LogP contribution >= 0.6 is 11.6 Å². The Morgan fingerprint density at radius 2 is 1.62 bits per heavy atom. The lowest BCUT2D eigenvalue weighted by Crippen LogP contribution is -2.12. The van der Waals surface area contributed by atoms with Crippen molar-refractivity contribution in [3.05, 3.63) is 83.0 Å². The molecule has 5 nitrogen and oxygen atoms in total. The van der Waals surface area contributed by atoms with Crippen LogP contribution in [0.4, 0.5) is 17.2 Å². The number of para-hydroxylation sites is 1. The van der Waals surface area contributed by atoms with Crippen LogP contribution in [0.1, 0.15) is 27.6 Å². The maximum Gasteiger partial charge on any atom is 0.257 e. The standard InChI is InChI=1S/C20H16ClN3O2/c1-13(25)14-6-9-16(10-7-14)23-19-11-8-15(12-22-19)20(26)24-18-5-3-2-4-17(18)21/h2-12H,1H3,(H,22,23)(H,24,26). The molecule has 3 aromatic rings. The predicted molar refractivity (Wildman–Crippen MR) is 103 cm³/mol. The summed E-state index contributed by atoms with van der Waals surface area (Å²) >= 11 is 6.04. The van der Waals surface area contributed by atoms with Crippen LogP contribution in [0.15, 0.2) is 66.9 Å². The molecule has 3 rings (SSSR count). The first kappa shape index (κ1) is 17.6. The van der Waals surface area contributed by atoms with E-state index in [4.69, 9.17) is 11.6 Å². The fraction of sp³-hybridized carbons (Fsp3) is 0.0500. The van der Waals surface area contributed by atoms with Crippen molar-refractivity contribution >= 4 is 40.5 Å². The Labute approximate surface area is 156 Å². The first-order valence-corrected chi connectivity index (χ1v) is 8.31. The second-order valence-electron chi connectivity index (χ2n) is 5.62. The Balaban J connectivity index is 1.67. The van der Waals surface area contributed by atoms with Crippen molar-refractivity contribution in [3.63, 3.8) is 0 Å². The van der Waals surface area contributed by atoms with Gasteiger partial charge in [-0.3, -0.25) is 9.59 Å². The predicted octanol–water partition coefficient (Wildman–Crippen LogP) is 4.93. The molecule has 0 aliphatic carbocycles. The highest BCUT2D eigenvalue weighted by Crippen LogP contribution is 2.21. The van der Waals surface area contributed by atoms with Crippen LogP contribution in [-0.4, -0.2) is 16.7 Å². The molecule has 0 spiro atoms. The molecule has 0 aliphatic heterocycles. The van der Waals surface area contributed by atoms with E-state index in [1.54, 1.807) is 60.7 Å². The summed E-state index contributed by atoms with van der Waals surface area (Å²) in [6.45, 7) is 1.52. The van der Waals surface area contributed by atoms with Crippen molar-refractivity contribution in [2.24, 2.45) is 0 Å². The number of amides is 1. The first-order valence-electron chi connectivity index (χ1n) is 7.93. The molecular formula is C20H16ClN3O2. The van der Waals surface area contributed by atoms with Crippen LogP contribution in [0.25, 0.3) is 0 Å².